The number of nitrogens with zero attached hydrogens (tertiary/aromatic N) is 1. The monoisotopic (exact) mass is 429 g/mol. The number of carbonyl (C=O) groups excluding carboxylic acids is 3. The highest BCUT2D eigenvalue weighted by Crippen LogP contribution is 2.27. The van der Waals surface area contributed by atoms with E-state index in [-0.39, 0.29) is 37.9 Å². The van der Waals surface area contributed by atoms with Crippen molar-refractivity contribution < 1.29 is 28.6 Å². The van der Waals surface area contributed by atoms with Crippen LogP contribution in [0.2, 0.25) is 0 Å². The predicted octanol–water partition coefficient (Wildman–Crippen LogP) is 1.69. The number of aliphatic hydroxyl groups excluding tert-OH is 1. The van der Waals surface area contributed by atoms with Crippen molar-refractivity contribution in [3.8, 4) is 5.75 Å². The van der Waals surface area contributed by atoms with Crippen molar-refractivity contribution in [1.29, 1.82) is 0 Å². The summed E-state index contributed by atoms with van der Waals surface area (Å²) in [7, 11) is 0. The topological polar surface area (TPSA) is 108 Å². The standard InChI is InChI=1S/C22H24FN3O5/c1-14(27)11-24-22(30)15-10-21(29)26(12-15)18-6-8-19(9-7-18)31-13-20(28)25-17-4-2-16(23)3-5-17/h2-9,14-15,27H,10-13H2,1H3,(H,24,30)(H,25,28)/t14-,15+/m0/s1. The molecule has 1 fully saturated rings. The molecule has 2 aromatic carbocycles. The van der Waals surface area contributed by atoms with Crippen molar-refractivity contribution in [3.05, 3.63) is 54.3 Å². The molecule has 1 aliphatic heterocycles. The van der Waals surface area contributed by atoms with Gasteiger partial charge in [0.2, 0.25) is 11.8 Å². The Morgan fingerprint density at radius 3 is 2.52 bits per heavy atom. The Bertz CT molecular complexity index is 931. The van der Waals surface area contributed by atoms with Crippen molar-refractivity contribution in [2.75, 3.05) is 29.9 Å². The van der Waals surface area contributed by atoms with E-state index >= 15 is 0 Å². The Morgan fingerprint density at radius 2 is 1.87 bits per heavy atom. The van der Waals surface area contributed by atoms with Crippen molar-refractivity contribution in [2.45, 2.75) is 19.4 Å². The lowest BCUT2D eigenvalue weighted by Gasteiger charge is -2.17. The molecule has 2 atom stereocenters. The van der Waals surface area contributed by atoms with Crippen LogP contribution in [-0.2, 0) is 14.4 Å². The first kappa shape index (κ1) is 22.2. The summed E-state index contributed by atoms with van der Waals surface area (Å²) in [6, 6.07) is 12.0. The van der Waals surface area contributed by atoms with E-state index in [0.29, 0.717) is 17.1 Å². The number of hydrogen-bond acceptors (Lipinski definition) is 5. The zero-order chi connectivity index (χ0) is 22.4. The fourth-order valence-corrected chi connectivity index (χ4v) is 3.13. The molecule has 8 nitrogen and oxygen atoms in total. The second kappa shape index (κ2) is 10.0. The molecular weight excluding hydrogens is 405 g/mol. The second-order valence-electron chi connectivity index (χ2n) is 7.34. The fourth-order valence-electron chi connectivity index (χ4n) is 3.13. The van der Waals surface area contributed by atoms with E-state index in [1.54, 1.807) is 31.2 Å². The SMILES string of the molecule is C[C@H](O)CNC(=O)[C@@H]1CC(=O)N(c2ccc(OCC(=O)Nc3ccc(F)cc3)cc2)C1. The first-order valence-electron chi connectivity index (χ1n) is 9.86. The Labute approximate surface area is 179 Å². The van der Waals surface area contributed by atoms with E-state index in [4.69, 9.17) is 4.74 Å². The molecule has 1 aliphatic rings. The van der Waals surface area contributed by atoms with E-state index < -0.39 is 23.7 Å². The van der Waals surface area contributed by atoms with Gasteiger partial charge in [-0.2, -0.15) is 0 Å². The number of carbonyl (C=O) groups is 3. The van der Waals surface area contributed by atoms with Crippen LogP contribution in [0.5, 0.6) is 5.75 Å². The summed E-state index contributed by atoms with van der Waals surface area (Å²) in [4.78, 5) is 37.9. The summed E-state index contributed by atoms with van der Waals surface area (Å²) >= 11 is 0. The maximum Gasteiger partial charge on any atom is 0.262 e. The smallest absolute Gasteiger partial charge is 0.262 e. The molecule has 0 radical (unpaired) electrons. The van der Waals surface area contributed by atoms with Crippen molar-refractivity contribution in [2.24, 2.45) is 5.92 Å². The molecule has 0 spiro atoms. The minimum Gasteiger partial charge on any atom is -0.484 e. The maximum absolute atomic E-state index is 12.9. The summed E-state index contributed by atoms with van der Waals surface area (Å²) in [6.07, 6.45) is -0.546. The van der Waals surface area contributed by atoms with Crippen molar-refractivity contribution >= 4 is 29.1 Å². The van der Waals surface area contributed by atoms with E-state index in [1.807, 2.05) is 0 Å². The molecule has 0 saturated carbocycles. The highest BCUT2D eigenvalue weighted by molar-refractivity contribution is 6.00. The number of aliphatic hydroxyl groups is 1. The predicted molar refractivity (Wildman–Crippen MR) is 112 cm³/mol. The Kier molecular flexibility index (Phi) is 7.19. The number of amides is 3. The van der Waals surface area contributed by atoms with Crippen LogP contribution >= 0.6 is 0 Å². The zero-order valence-corrected chi connectivity index (χ0v) is 17.0. The number of anilines is 2. The molecule has 3 amide bonds. The summed E-state index contributed by atoms with van der Waals surface area (Å²) in [5.74, 6) is -1.24. The highest BCUT2D eigenvalue weighted by atomic mass is 19.1. The minimum atomic E-state index is -0.650. The Balaban J connectivity index is 1.50. The third kappa shape index (κ3) is 6.26. The van der Waals surface area contributed by atoms with Gasteiger partial charge in [-0.25, -0.2) is 4.39 Å². The lowest BCUT2D eigenvalue weighted by molar-refractivity contribution is -0.126. The van der Waals surface area contributed by atoms with E-state index in [9.17, 15) is 23.9 Å². The van der Waals surface area contributed by atoms with Gasteiger partial charge in [0.05, 0.1) is 12.0 Å². The van der Waals surface area contributed by atoms with Gasteiger partial charge >= 0.3 is 0 Å². The molecular formula is C22H24FN3O5. The molecule has 3 rings (SSSR count). The van der Waals surface area contributed by atoms with Crippen molar-refractivity contribution in [3.63, 3.8) is 0 Å². The van der Waals surface area contributed by atoms with Crippen LogP contribution in [-0.4, -0.2) is 48.6 Å². The van der Waals surface area contributed by atoms with Gasteiger partial charge in [0, 0.05) is 30.9 Å². The number of ether oxygens (including phenoxy) is 1. The van der Waals surface area contributed by atoms with Crippen LogP contribution in [0.1, 0.15) is 13.3 Å². The van der Waals surface area contributed by atoms with Gasteiger partial charge in [0.25, 0.3) is 5.91 Å². The first-order chi connectivity index (χ1) is 14.8. The molecule has 0 aliphatic carbocycles. The normalized spacial score (nSPS) is 16.7. The Morgan fingerprint density at radius 1 is 1.19 bits per heavy atom. The minimum absolute atomic E-state index is 0.105. The summed E-state index contributed by atoms with van der Waals surface area (Å²) < 4.78 is 18.3. The number of halogens is 1. The van der Waals surface area contributed by atoms with Crippen LogP contribution in [0.3, 0.4) is 0 Å². The van der Waals surface area contributed by atoms with E-state index in [2.05, 4.69) is 10.6 Å². The molecule has 9 heteroatoms. The quantitative estimate of drug-likeness (QED) is 0.592. The third-order valence-electron chi connectivity index (χ3n) is 4.71. The van der Waals surface area contributed by atoms with Crippen LogP contribution < -0.4 is 20.3 Å². The molecule has 1 heterocycles. The van der Waals surface area contributed by atoms with Gasteiger partial charge in [0.15, 0.2) is 6.61 Å². The molecule has 2 aromatic rings. The molecule has 1 saturated heterocycles. The highest BCUT2D eigenvalue weighted by Gasteiger charge is 2.35. The second-order valence-corrected chi connectivity index (χ2v) is 7.34. The average Bonchev–Trinajstić information content (AvgIpc) is 3.14. The molecule has 31 heavy (non-hydrogen) atoms. The fraction of sp³-hybridized carbons (Fsp3) is 0.318. The number of nitrogens with one attached hydrogen (secondary N) is 2. The van der Waals surface area contributed by atoms with Crippen molar-refractivity contribution in [1.82, 2.24) is 5.32 Å². The number of rotatable bonds is 8. The first-order valence-corrected chi connectivity index (χ1v) is 9.86. The number of benzene rings is 2. The van der Waals surface area contributed by atoms with Crippen LogP contribution in [0.15, 0.2) is 48.5 Å². The zero-order valence-electron chi connectivity index (χ0n) is 17.0. The molecule has 0 bridgehead atoms. The summed E-state index contributed by atoms with van der Waals surface area (Å²) in [5, 5.41) is 14.5. The molecule has 164 valence electrons. The van der Waals surface area contributed by atoms with Crippen LogP contribution in [0.4, 0.5) is 15.8 Å². The van der Waals surface area contributed by atoms with Crippen LogP contribution in [0, 0.1) is 11.7 Å². The molecule has 0 aromatic heterocycles. The lowest BCUT2D eigenvalue weighted by Crippen LogP contribution is -2.36. The summed E-state index contributed by atoms with van der Waals surface area (Å²) in [6.45, 7) is 1.74. The van der Waals surface area contributed by atoms with E-state index in [0.717, 1.165) is 0 Å². The van der Waals surface area contributed by atoms with Gasteiger partial charge < -0.3 is 25.4 Å². The lowest BCUT2D eigenvalue weighted by atomic mass is 10.1. The van der Waals surface area contributed by atoms with Gasteiger partial charge in [-0.3, -0.25) is 14.4 Å². The van der Waals surface area contributed by atoms with Gasteiger partial charge in [0.1, 0.15) is 11.6 Å². The largest absolute Gasteiger partial charge is 0.484 e. The van der Waals surface area contributed by atoms with E-state index in [1.165, 1.54) is 29.2 Å². The maximum atomic E-state index is 12.9. The molecule has 0 unspecified atom stereocenters. The molecule has 3 N–H and O–H groups in total. The van der Waals surface area contributed by atoms with Gasteiger partial charge in [-0.1, -0.05) is 0 Å². The van der Waals surface area contributed by atoms with Crippen LogP contribution in [0.25, 0.3) is 0 Å². The van der Waals surface area contributed by atoms with Gasteiger partial charge in [-0.15, -0.1) is 0 Å². The summed E-state index contributed by atoms with van der Waals surface area (Å²) in [5.41, 5.74) is 1.09. The average molecular weight is 429 g/mol. The van der Waals surface area contributed by atoms with Gasteiger partial charge in [-0.05, 0) is 55.5 Å². The third-order valence-corrected chi connectivity index (χ3v) is 4.71. The number of hydrogen-bond donors (Lipinski definition) is 3. The Hall–Kier alpha value is -3.46.